The van der Waals surface area contributed by atoms with Crippen molar-refractivity contribution in [3.63, 3.8) is 0 Å². The molecule has 2 rings (SSSR count). The van der Waals surface area contributed by atoms with Crippen LogP contribution in [0, 0.1) is 10.1 Å². The molecule has 2 aromatic rings. The highest BCUT2D eigenvalue weighted by Gasteiger charge is 2.16. The van der Waals surface area contributed by atoms with E-state index in [0.717, 1.165) is 6.07 Å². The minimum absolute atomic E-state index is 0.136. The van der Waals surface area contributed by atoms with E-state index in [9.17, 15) is 20.0 Å². The van der Waals surface area contributed by atoms with E-state index < -0.39 is 10.8 Å². The molecule has 0 aliphatic heterocycles. The molecule has 0 radical (unpaired) electrons. The highest BCUT2D eigenvalue weighted by Crippen LogP contribution is 2.26. The van der Waals surface area contributed by atoms with Gasteiger partial charge < -0.3 is 10.4 Å². The molecule has 0 atom stereocenters. The van der Waals surface area contributed by atoms with Gasteiger partial charge in [0.15, 0.2) is 5.75 Å². The van der Waals surface area contributed by atoms with Crippen LogP contribution >= 0.6 is 11.6 Å². The minimum Gasteiger partial charge on any atom is -0.504 e. The van der Waals surface area contributed by atoms with Crippen molar-refractivity contribution >= 4 is 28.9 Å². The van der Waals surface area contributed by atoms with Crippen molar-refractivity contribution in [1.29, 1.82) is 0 Å². The highest BCUT2D eigenvalue weighted by atomic mass is 35.5. The number of hydrogen-bond donors (Lipinski definition) is 2. The summed E-state index contributed by atoms with van der Waals surface area (Å²) in [5, 5.41) is 22.4. The number of carbonyl (C=O) groups is 1. The number of anilines is 1. The zero-order chi connectivity index (χ0) is 14.7. The number of pyridine rings is 1. The quantitative estimate of drug-likeness (QED) is 0.668. The molecule has 0 spiro atoms. The van der Waals surface area contributed by atoms with Crippen molar-refractivity contribution in [1.82, 2.24) is 4.98 Å². The maximum atomic E-state index is 11.9. The largest absolute Gasteiger partial charge is 0.504 e. The van der Waals surface area contributed by atoms with Crippen molar-refractivity contribution in [3.8, 4) is 5.75 Å². The summed E-state index contributed by atoms with van der Waals surface area (Å²) in [7, 11) is 0. The molecule has 0 unspecified atom stereocenters. The van der Waals surface area contributed by atoms with Crippen molar-refractivity contribution in [2.24, 2.45) is 0 Å². The van der Waals surface area contributed by atoms with Gasteiger partial charge in [0.25, 0.3) is 11.6 Å². The highest BCUT2D eigenvalue weighted by molar-refractivity contribution is 6.33. The third-order valence-corrected chi connectivity index (χ3v) is 2.76. The number of carbonyl (C=O) groups excluding carboxylic acids is 1. The van der Waals surface area contributed by atoms with E-state index in [4.69, 9.17) is 11.6 Å². The van der Waals surface area contributed by atoms with Gasteiger partial charge >= 0.3 is 0 Å². The Kier molecular flexibility index (Phi) is 3.81. The van der Waals surface area contributed by atoms with Crippen LogP contribution in [-0.2, 0) is 0 Å². The fourth-order valence-corrected chi connectivity index (χ4v) is 1.73. The van der Waals surface area contributed by atoms with Crippen LogP contribution in [0.4, 0.5) is 11.4 Å². The first kappa shape index (κ1) is 13.8. The molecule has 0 fully saturated rings. The summed E-state index contributed by atoms with van der Waals surface area (Å²) in [6.07, 6.45) is 2.58. The molecule has 102 valence electrons. The molecule has 1 amide bonds. The van der Waals surface area contributed by atoms with Crippen molar-refractivity contribution in [2.45, 2.75) is 0 Å². The Balaban J connectivity index is 2.24. The van der Waals surface area contributed by atoms with Crippen molar-refractivity contribution in [3.05, 3.63) is 57.4 Å². The van der Waals surface area contributed by atoms with E-state index in [-0.39, 0.29) is 27.7 Å². The number of nitro benzene ring substituents is 1. The van der Waals surface area contributed by atoms with Crippen molar-refractivity contribution in [2.75, 3.05) is 5.32 Å². The number of hydrogen-bond acceptors (Lipinski definition) is 5. The van der Waals surface area contributed by atoms with Gasteiger partial charge in [-0.1, -0.05) is 11.6 Å². The van der Waals surface area contributed by atoms with Gasteiger partial charge in [0.2, 0.25) is 0 Å². The molecule has 8 heteroatoms. The molecule has 1 aromatic heterocycles. The second-order valence-electron chi connectivity index (χ2n) is 3.77. The summed E-state index contributed by atoms with van der Waals surface area (Å²) in [5.41, 5.74) is 0.0336. The molecule has 0 aliphatic rings. The fraction of sp³-hybridized carbons (Fsp3) is 0. The molecule has 7 nitrogen and oxygen atoms in total. The average molecular weight is 294 g/mol. The number of nitrogens with zero attached hydrogens (tertiary/aromatic N) is 2. The molecule has 0 saturated carbocycles. The topological polar surface area (TPSA) is 105 Å². The third-order valence-electron chi connectivity index (χ3n) is 2.45. The molecule has 0 bridgehead atoms. The van der Waals surface area contributed by atoms with Crippen LogP contribution in [0.1, 0.15) is 10.4 Å². The summed E-state index contributed by atoms with van der Waals surface area (Å²) < 4.78 is 0. The molecular formula is C12H8ClN3O4. The van der Waals surface area contributed by atoms with E-state index in [1.54, 1.807) is 0 Å². The van der Waals surface area contributed by atoms with Gasteiger partial charge in [0.05, 0.1) is 16.8 Å². The zero-order valence-corrected chi connectivity index (χ0v) is 10.7. The molecular weight excluding hydrogens is 286 g/mol. The van der Waals surface area contributed by atoms with Crippen LogP contribution in [0.15, 0.2) is 36.7 Å². The lowest BCUT2D eigenvalue weighted by Crippen LogP contribution is -2.12. The standard InChI is InChI=1S/C12H8ClN3O4/c13-8-5-7(1-2-10(8)16(19)20)12(18)15-9-3-4-14-6-11(9)17/h1-6,17H,(H,14,15,18). The number of aromatic hydroxyl groups is 1. The lowest BCUT2D eigenvalue weighted by molar-refractivity contribution is -0.384. The van der Waals surface area contributed by atoms with Gasteiger partial charge in [-0.25, -0.2) is 0 Å². The number of halogens is 1. The maximum absolute atomic E-state index is 11.9. The normalized spacial score (nSPS) is 10.1. The summed E-state index contributed by atoms with van der Waals surface area (Å²) in [6, 6.07) is 5.02. The molecule has 1 aromatic carbocycles. The Bertz CT molecular complexity index is 690. The van der Waals surface area contributed by atoms with E-state index in [2.05, 4.69) is 10.3 Å². The van der Waals surface area contributed by atoms with Gasteiger partial charge in [-0.3, -0.25) is 19.9 Å². The predicted octanol–water partition coefficient (Wildman–Crippen LogP) is 2.60. The number of aromatic nitrogens is 1. The summed E-state index contributed by atoms with van der Waals surface area (Å²) >= 11 is 5.72. The fourth-order valence-electron chi connectivity index (χ4n) is 1.48. The van der Waals surface area contributed by atoms with Crippen molar-refractivity contribution < 1.29 is 14.8 Å². The Morgan fingerprint density at radius 1 is 1.40 bits per heavy atom. The monoisotopic (exact) mass is 293 g/mol. The number of benzene rings is 1. The van der Waals surface area contributed by atoms with E-state index in [0.29, 0.717) is 0 Å². The smallest absolute Gasteiger partial charge is 0.287 e. The number of nitrogens with one attached hydrogen (secondary N) is 1. The SMILES string of the molecule is O=C(Nc1ccncc1O)c1ccc([N+](=O)[O-])c(Cl)c1. The minimum atomic E-state index is -0.640. The average Bonchev–Trinajstić information content (AvgIpc) is 2.40. The zero-order valence-electron chi connectivity index (χ0n) is 9.91. The summed E-state index contributed by atoms with van der Waals surface area (Å²) in [4.78, 5) is 25.6. The van der Waals surface area contributed by atoms with Gasteiger partial charge in [0, 0.05) is 17.8 Å². The summed E-state index contributed by atoms with van der Waals surface area (Å²) in [5.74, 6) is -0.739. The Hall–Kier alpha value is -2.67. The van der Waals surface area contributed by atoms with E-state index in [1.807, 2.05) is 0 Å². The van der Waals surface area contributed by atoms with Gasteiger partial charge in [-0.05, 0) is 18.2 Å². The maximum Gasteiger partial charge on any atom is 0.287 e. The van der Waals surface area contributed by atoms with Crippen LogP contribution in [0.2, 0.25) is 5.02 Å². The molecule has 0 aliphatic carbocycles. The van der Waals surface area contributed by atoms with Gasteiger partial charge in [-0.15, -0.1) is 0 Å². The molecule has 0 saturated heterocycles. The van der Waals surface area contributed by atoms with Crippen LogP contribution < -0.4 is 5.32 Å². The van der Waals surface area contributed by atoms with Crippen LogP contribution in [0.5, 0.6) is 5.75 Å². The molecule has 1 heterocycles. The van der Waals surface area contributed by atoms with Crippen LogP contribution in [0.25, 0.3) is 0 Å². The molecule has 20 heavy (non-hydrogen) atoms. The van der Waals surface area contributed by atoms with Gasteiger partial charge in [-0.2, -0.15) is 0 Å². The van der Waals surface area contributed by atoms with Crippen LogP contribution in [-0.4, -0.2) is 20.9 Å². The Morgan fingerprint density at radius 3 is 2.75 bits per heavy atom. The second kappa shape index (κ2) is 5.54. The summed E-state index contributed by atoms with van der Waals surface area (Å²) in [6.45, 7) is 0. The number of rotatable bonds is 3. The number of nitro groups is 1. The Morgan fingerprint density at radius 2 is 2.15 bits per heavy atom. The van der Waals surface area contributed by atoms with Crippen LogP contribution in [0.3, 0.4) is 0 Å². The van der Waals surface area contributed by atoms with E-state index >= 15 is 0 Å². The predicted molar refractivity (Wildman–Crippen MR) is 72.0 cm³/mol. The third kappa shape index (κ3) is 2.83. The lowest BCUT2D eigenvalue weighted by atomic mass is 10.2. The van der Waals surface area contributed by atoms with Gasteiger partial charge in [0.1, 0.15) is 5.02 Å². The first-order chi connectivity index (χ1) is 9.49. The first-order valence-corrected chi connectivity index (χ1v) is 5.75. The number of amides is 1. The first-order valence-electron chi connectivity index (χ1n) is 5.37. The lowest BCUT2D eigenvalue weighted by Gasteiger charge is -2.06. The second-order valence-corrected chi connectivity index (χ2v) is 4.18. The molecule has 2 N–H and O–H groups in total. The Labute approximate surface area is 118 Å². The van der Waals surface area contributed by atoms with E-state index in [1.165, 1.54) is 30.6 Å².